The van der Waals surface area contributed by atoms with Gasteiger partial charge >= 0.3 is 0 Å². The third-order valence-electron chi connectivity index (χ3n) is 4.36. The number of anilines is 1. The molecule has 4 rings (SSSR count). The van der Waals surface area contributed by atoms with E-state index in [0.29, 0.717) is 17.2 Å². The van der Waals surface area contributed by atoms with E-state index in [9.17, 15) is 10.1 Å². The summed E-state index contributed by atoms with van der Waals surface area (Å²) in [4.78, 5) is 22.0. The maximum atomic E-state index is 11.2. The topological polar surface area (TPSA) is 77.1 Å². The number of fused-ring (bicyclic) bond motifs is 1. The number of benzene rings is 2. The van der Waals surface area contributed by atoms with Crippen molar-refractivity contribution >= 4 is 22.5 Å². The summed E-state index contributed by atoms with van der Waals surface area (Å²) in [5.74, 6) is 0.689. The summed E-state index contributed by atoms with van der Waals surface area (Å²) in [5, 5.41) is 11.2. The Kier molecular flexibility index (Phi) is 4.04. The van der Waals surface area contributed by atoms with Gasteiger partial charge in [-0.1, -0.05) is 6.07 Å². The zero-order valence-corrected chi connectivity index (χ0v) is 14.9. The van der Waals surface area contributed by atoms with Gasteiger partial charge in [0, 0.05) is 43.7 Å². The second-order valence-electron chi connectivity index (χ2n) is 6.34. The van der Waals surface area contributed by atoms with E-state index in [4.69, 9.17) is 4.98 Å². The van der Waals surface area contributed by atoms with Crippen molar-refractivity contribution in [2.45, 2.75) is 0 Å². The summed E-state index contributed by atoms with van der Waals surface area (Å²) in [5.41, 5.74) is 4.05. The summed E-state index contributed by atoms with van der Waals surface area (Å²) >= 11 is 0. The number of nitro groups is 1. The predicted molar refractivity (Wildman–Crippen MR) is 105 cm³/mol. The molecule has 7 heteroatoms. The number of hydrogen-bond donors (Lipinski definition) is 0. The first-order valence-corrected chi connectivity index (χ1v) is 8.40. The number of nitro benzene ring substituents is 1. The van der Waals surface area contributed by atoms with Crippen LogP contribution in [0, 0.1) is 10.1 Å². The van der Waals surface area contributed by atoms with E-state index in [1.165, 1.54) is 12.1 Å². The highest BCUT2D eigenvalue weighted by Gasteiger charge is 2.17. The zero-order chi connectivity index (χ0) is 19.0. The lowest BCUT2D eigenvalue weighted by atomic mass is 10.2. The molecule has 7 nitrogen and oxygen atoms in total. The highest BCUT2D eigenvalue weighted by Crippen LogP contribution is 2.29. The molecule has 2 aromatic heterocycles. The number of non-ortho nitro benzene ring substituents is 1. The molecule has 0 aliphatic heterocycles. The van der Waals surface area contributed by atoms with E-state index < -0.39 is 4.92 Å². The molecule has 0 fully saturated rings. The number of rotatable bonds is 4. The summed E-state index contributed by atoms with van der Waals surface area (Å²) in [7, 11) is 3.97. The van der Waals surface area contributed by atoms with Crippen LogP contribution >= 0.6 is 0 Å². The van der Waals surface area contributed by atoms with Crippen LogP contribution in [0.3, 0.4) is 0 Å². The lowest BCUT2D eigenvalue weighted by Crippen LogP contribution is -2.08. The normalized spacial score (nSPS) is 10.9. The molecule has 0 aliphatic rings. The van der Waals surface area contributed by atoms with E-state index >= 15 is 0 Å². The largest absolute Gasteiger partial charge is 0.378 e. The SMILES string of the molecule is CN(C)c1ccc(-c2nc3cccnc3n2-c2cccc([N+](=O)[O-])c2)cc1. The maximum absolute atomic E-state index is 11.2. The lowest BCUT2D eigenvalue weighted by Gasteiger charge is -2.13. The number of hydrogen-bond acceptors (Lipinski definition) is 5. The zero-order valence-electron chi connectivity index (χ0n) is 14.9. The lowest BCUT2D eigenvalue weighted by molar-refractivity contribution is -0.384. The minimum Gasteiger partial charge on any atom is -0.378 e. The Morgan fingerprint density at radius 3 is 2.52 bits per heavy atom. The first-order valence-electron chi connectivity index (χ1n) is 8.40. The third-order valence-corrected chi connectivity index (χ3v) is 4.36. The van der Waals surface area contributed by atoms with Crippen LogP contribution in [-0.4, -0.2) is 33.6 Å². The number of nitrogens with zero attached hydrogens (tertiary/aromatic N) is 5. The Balaban J connectivity index is 1.95. The fourth-order valence-electron chi connectivity index (χ4n) is 3.00. The molecule has 0 spiro atoms. The van der Waals surface area contributed by atoms with E-state index in [1.54, 1.807) is 12.3 Å². The molecular formula is C20H17N5O2. The van der Waals surface area contributed by atoms with Gasteiger partial charge < -0.3 is 4.90 Å². The molecule has 2 heterocycles. The fourth-order valence-corrected chi connectivity index (χ4v) is 3.00. The van der Waals surface area contributed by atoms with Crippen LogP contribution < -0.4 is 4.90 Å². The van der Waals surface area contributed by atoms with Crippen LogP contribution in [0.2, 0.25) is 0 Å². The van der Waals surface area contributed by atoms with Crippen LogP contribution in [0.1, 0.15) is 0 Å². The molecule has 0 aliphatic carbocycles. The van der Waals surface area contributed by atoms with Gasteiger partial charge in [0.15, 0.2) is 5.65 Å². The van der Waals surface area contributed by atoms with Gasteiger partial charge in [-0.3, -0.25) is 14.7 Å². The molecular weight excluding hydrogens is 342 g/mol. The van der Waals surface area contributed by atoms with Crippen molar-refractivity contribution in [3.8, 4) is 17.1 Å². The van der Waals surface area contributed by atoms with Gasteiger partial charge in [0.05, 0.1) is 10.6 Å². The third kappa shape index (κ3) is 2.99. The van der Waals surface area contributed by atoms with Crippen molar-refractivity contribution in [3.63, 3.8) is 0 Å². The monoisotopic (exact) mass is 359 g/mol. The fraction of sp³-hybridized carbons (Fsp3) is 0.100. The molecule has 2 aromatic carbocycles. The second kappa shape index (κ2) is 6.53. The van der Waals surface area contributed by atoms with Crippen LogP contribution in [-0.2, 0) is 0 Å². The molecule has 0 atom stereocenters. The molecule has 0 N–H and O–H groups in total. The molecule has 27 heavy (non-hydrogen) atoms. The molecule has 0 unspecified atom stereocenters. The minimum atomic E-state index is -0.401. The summed E-state index contributed by atoms with van der Waals surface area (Å²) in [6, 6.07) is 18.2. The summed E-state index contributed by atoms with van der Waals surface area (Å²) in [6.07, 6.45) is 1.69. The van der Waals surface area contributed by atoms with Crippen molar-refractivity contribution in [3.05, 3.63) is 77.0 Å². The smallest absolute Gasteiger partial charge is 0.271 e. The van der Waals surface area contributed by atoms with Crippen LogP contribution in [0.25, 0.3) is 28.2 Å². The molecule has 0 radical (unpaired) electrons. The molecule has 0 amide bonds. The molecule has 4 aromatic rings. The van der Waals surface area contributed by atoms with Crippen molar-refractivity contribution in [2.75, 3.05) is 19.0 Å². The number of imidazole rings is 1. The van der Waals surface area contributed by atoms with Gasteiger partial charge in [-0.05, 0) is 42.5 Å². The van der Waals surface area contributed by atoms with Crippen molar-refractivity contribution < 1.29 is 4.92 Å². The molecule has 0 saturated carbocycles. The second-order valence-corrected chi connectivity index (χ2v) is 6.34. The van der Waals surface area contributed by atoms with Crippen molar-refractivity contribution in [1.82, 2.24) is 14.5 Å². The minimum absolute atomic E-state index is 0.0270. The maximum Gasteiger partial charge on any atom is 0.271 e. The van der Waals surface area contributed by atoms with E-state index in [1.807, 2.05) is 66.0 Å². The summed E-state index contributed by atoms with van der Waals surface area (Å²) in [6.45, 7) is 0. The van der Waals surface area contributed by atoms with Gasteiger partial charge in [-0.25, -0.2) is 9.97 Å². The Bertz CT molecular complexity index is 1130. The van der Waals surface area contributed by atoms with Gasteiger partial charge in [-0.15, -0.1) is 0 Å². The first-order chi connectivity index (χ1) is 13.0. The Hall–Kier alpha value is -3.74. The van der Waals surface area contributed by atoms with Crippen LogP contribution in [0.4, 0.5) is 11.4 Å². The predicted octanol–water partition coefficient (Wildman–Crippen LogP) is 4.06. The highest BCUT2D eigenvalue weighted by atomic mass is 16.6. The van der Waals surface area contributed by atoms with E-state index in [2.05, 4.69) is 4.98 Å². The van der Waals surface area contributed by atoms with Crippen molar-refractivity contribution in [1.29, 1.82) is 0 Å². The average Bonchev–Trinajstić information content (AvgIpc) is 3.07. The van der Waals surface area contributed by atoms with Gasteiger partial charge in [-0.2, -0.15) is 0 Å². The van der Waals surface area contributed by atoms with Crippen LogP contribution in [0.5, 0.6) is 0 Å². The highest BCUT2D eigenvalue weighted by molar-refractivity contribution is 5.80. The molecule has 0 saturated heterocycles. The Labute approximate surface area is 155 Å². The number of aromatic nitrogens is 3. The Morgan fingerprint density at radius 2 is 1.81 bits per heavy atom. The van der Waals surface area contributed by atoms with Crippen LogP contribution in [0.15, 0.2) is 66.9 Å². The van der Waals surface area contributed by atoms with Gasteiger partial charge in [0.2, 0.25) is 0 Å². The standard InChI is InChI=1S/C20H17N5O2/c1-23(2)15-10-8-14(9-11-15)19-22-18-7-4-12-21-20(18)24(19)16-5-3-6-17(13-16)25(26)27/h3-13H,1-2H3. The van der Waals surface area contributed by atoms with Crippen molar-refractivity contribution in [2.24, 2.45) is 0 Å². The summed E-state index contributed by atoms with van der Waals surface area (Å²) < 4.78 is 1.85. The first kappa shape index (κ1) is 16.7. The quantitative estimate of drug-likeness (QED) is 0.406. The average molecular weight is 359 g/mol. The van der Waals surface area contributed by atoms with Gasteiger partial charge in [0.1, 0.15) is 11.3 Å². The van der Waals surface area contributed by atoms with E-state index in [-0.39, 0.29) is 5.69 Å². The van der Waals surface area contributed by atoms with E-state index in [0.717, 1.165) is 16.8 Å². The Morgan fingerprint density at radius 1 is 1.04 bits per heavy atom. The molecule has 0 bridgehead atoms. The number of pyridine rings is 1. The van der Waals surface area contributed by atoms with Gasteiger partial charge in [0.25, 0.3) is 5.69 Å². The molecule has 134 valence electrons.